The van der Waals surface area contributed by atoms with Crippen molar-refractivity contribution in [2.45, 2.75) is 25.9 Å². The van der Waals surface area contributed by atoms with Gasteiger partial charge >= 0.3 is 11.9 Å². The summed E-state index contributed by atoms with van der Waals surface area (Å²) in [5.74, 6) is -1.75. The molecule has 1 rings (SSSR count). The summed E-state index contributed by atoms with van der Waals surface area (Å²) in [5.41, 5.74) is 0. The van der Waals surface area contributed by atoms with Crippen LogP contribution in [0.5, 0.6) is 0 Å². The van der Waals surface area contributed by atoms with Crippen LogP contribution in [0, 0.1) is 5.92 Å². The molecule has 0 aromatic carbocycles. The van der Waals surface area contributed by atoms with Gasteiger partial charge in [0.2, 0.25) is 0 Å². The van der Waals surface area contributed by atoms with Crippen LogP contribution in [0.2, 0.25) is 0 Å². The van der Waals surface area contributed by atoms with Gasteiger partial charge in [0.05, 0.1) is 18.4 Å². The van der Waals surface area contributed by atoms with Crippen LogP contribution in [0.3, 0.4) is 0 Å². The normalized spacial score (nSPS) is 30.1. The predicted molar refractivity (Wildman–Crippen MR) is 35.9 cm³/mol. The first-order valence-electron chi connectivity index (χ1n) is 3.52. The van der Waals surface area contributed by atoms with Gasteiger partial charge < -0.3 is 9.84 Å². The molecule has 11 heavy (non-hydrogen) atoms. The average Bonchev–Trinajstić information content (AvgIpc) is 2.09. The molecule has 0 spiro atoms. The molecule has 0 bridgehead atoms. The monoisotopic (exact) mass is 158 g/mol. The van der Waals surface area contributed by atoms with Crippen molar-refractivity contribution in [3.8, 4) is 0 Å². The minimum Gasteiger partial charge on any atom is -0.481 e. The molecule has 0 saturated carbocycles. The van der Waals surface area contributed by atoms with E-state index in [9.17, 15) is 9.59 Å². The van der Waals surface area contributed by atoms with E-state index >= 15 is 0 Å². The third kappa shape index (κ3) is 1.93. The van der Waals surface area contributed by atoms with Gasteiger partial charge in [-0.15, -0.1) is 0 Å². The number of ether oxygens (including phenoxy) is 1. The maximum atomic E-state index is 10.8. The molecular weight excluding hydrogens is 148 g/mol. The number of carboxylic acids is 1. The SMILES string of the molecule is C[C@H]1CC(CC(=O)O)C(=O)O1. The van der Waals surface area contributed by atoms with E-state index in [1.54, 1.807) is 6.92 Å². The van der Waals surface area contributed by atoms with Crippen LogP contribution >= 0.6 is 0 Å². The first-order chi connectivity index (χ1) is 5.09. The molecule has 1 fully saturated rings. The van der Waals surface area contributed by atoms with Gasteiger partial charge in [-0.05, 0) is 13.3 Å². The smallest absolute Gasteiger partial charge is 0.309 e. The van der Waals surface area contributed by atoms with Crippen molar-refractivity contribution in [2.24, 2.45) is 5.92 Å². The second-order valence-corrected chi connectivity index (χ2v) is 2.78. The maximum Gasteiger partial charge on any atom is 0.309 e. The molecule has 1 N–H and O–H groups in total. The molecule has 2 atom stereocenters. The summed E-state index contributed by atoms with van der Waals surface area (Å²) in [6, 6.07) is 0. The molecule has 0 aromatic heterocycles. The first kappa shape index (κ1) is 8.04. The zero-order valence-electron chi connectivity index (χ0n) is 6.24. The highest BCUT2D eigenvalue weighted by atomic mass is 16.5. The number of cyclic esters (lactones) is 1. The molecule has 4 nitrogen and oxygen atoms in total. The fraction of sp³-hybridized carbons (Fsp3) is 0.714. The highest BCUT2D eigenvalue weighted by Gasteiger charge is 2.33. The Bertz CT molecular complexity index is 187. The van der Waals surface area contributed by atoms with Gasteiger partial charge in [0, 0.05) is 0 Å². The van der Waals surface area contributed by atoms with Crippen molar-refractivity contribution >= 4 is 11.9 Å². The quantitative estimate of drug-likeness (QED) is 0.591. The Morgan fingerprint density at radius 2 is 2.45 bits per heavy atom. The number of carbonyl (C=O) groups is 2. The third-order valence-electron chi connectivity index (χ3n) is 1.69. The van der Waals surface area contributed by atoms with Crippen LogP contribution < -0.4 is 0 Å². The number of hydrogen-bond donors (Lipinski definition) is 1. The molecule has 1 heterocycles. The number of carboxylic acid groups (broad SMARTS) is 1. The Hall–Kier alpha value is -1.06. The summed E-state index contributed by atoms with van der Waals surface area (Å²) in [5, 5.41) is 8.37. The number of carbonyl (C=O) groups excluding carboxylic acids is 1. The highest BCUT2D eigenvalue weighted by Crippen LogP contribution is 2.23. The van der Waals surface area contributed by atoms with Crippen molar-refractivity contribution in [3.63, 3.8) is 0 Å². The van der Waals surface area contributed by atoms with Gasteiger partial charge in [-0.3, -0.25) is 9.59 Å². The standard InChI is InChI=1S/C7H10O4/c1-4-2-5(3-6(8)9)7(10)11-4/h4-5H,2-3H2,1H3,(H,8,9)/t4-,5?/m0/s1. The molecule has 0 aliphatic carbocycles. The topological polar surface area (TPSA) is 63.6 Å². The van der Waals surface area contributed by atoms with E-state index in [2.05, 4.69) is 0 Å². The van der Waals surface area contributed by atoms with Crippen molar-refractivity contribution in [2.75, 3.05) is 0 Å². The first-order valence-corrected chi connectivity index (χ1v) is 3.52. The van der Waals surface area contributed by atoms with Crippen molar-refractivity contribution in [3.05, 3.63) is 0 Å². The fourth-order valence-electron chi connectivity index (χ4n) is 1.22. The lowest BCUT2D eigenvalue weighted by atomic mass is 10.0. The van der Waals surface area contributed by atoms with Gasteiger partial charge in [-0.2, -0.15) is 0 Å². The van der Waals surface area contributed by atoms with E-state index in [1.165, 1.54) is 0 Å². The van der Waals surface area contributed by atoms with E-state index in [0.717, 1.165) is 0 Å². The summed E-state index contributed by atoms with van der Waals surface area (Å²) in [7, 11) is 0. The summed E-state index contributed by atoms with van der Waals surface area (Å²) < 4.78 is 4.77. The summed E-state index contributed by atoms with van der Waals surface area (Å²) in [4.78, 5) is 21.0. The van der Waals surface area contributed by atoms with Gasteiger partial charge in [0.15, 0.2) is 0 Å². The lowest BCUT2D eigenvalue weighted by Crippen LogP contribution is -2.12. The predicted octanol–water partition coefficient (Wildman–Crippen LogP) is 0.413. The summed E-state index contributed by atoms with van der Waals surface area (Å²) in [6.07, 6.45) is 0.306. The molecule has 1 aliphatic rings. The largest absolute Gasteiger partial charge is 0.481 e. The van der Waals surface area contributed by atoms with E-state index in [0.29, 0.717) is 6.42 Å². The third-order valence-corrected chi connectivity index (χ3v) is 1.69. The zero-order chi connectivity index (χ0) is 8.43. The summed E-state index contributed by atoms with van der Waals surface area (Å²) in [6.45, 7) is 1.76. The van der Waals surface area contributed by atoms with Crippen molar-refractivity contribution in [1.82, 2.24) is 0 Å². The maximum absolute atomic E-state index is 10.8. The molecule has 0 aromatic rings. The summed E-state index contributed by atoms with van der Waals surface area (Å²) >= 11 is 0. The van der Waals surface area contributed by atoms with Gasteiger partial charge in [-0.1, -0.05) is 0 Å². The Balaban J connectivity index is 2.47. The second-order valence-electron chi connectivity index (χ2n) is 2.78. The number of rotatable bonds is 2. The van der Waals surface area contributed by atoms with Gasteiger partial charge in [-0.25, -0.2) is 0 Å². The van der Waals surface area contributed by atoms with E-state index in [-0.39, 0.29) is 18.5 Å². The van der Waals surface area contributed by atoms with Crippen molar-refractivity contribution < 1.29 is 19.4 Å². The molecule has 0 radical (unpaired) electrons. The molecule has 1 unspecified atom stereocenters. The van der Waals surface area contributed by atoms with Crippen LogP contribution in [0.25, 0.3) is 0 Å². The average molecular weight is 158 g/mol. The van der Waals surface area contributed by atoms with E-state index in [1.807, 2.05) is 0 Å². The molecule has 1 saturated heterocycles. The lowest BCUT2D eigenvalue weighted by Gasteiger charge is -1.97. The van der Waals surface area contributed by atoms with Crippen molar-refractivity contribution in [1.29, 1.82) is 0 Å². The molecule has 0 amide bonds. The van der Waals surface area contributed by atoms with Crippen LogP contribution in [0.15, 0.2) is 0 Å². The minimum absolute atomic E-state index is 0.108. The highest BCUT2D eigenvalue weighted by molar-refractivity contribution is 5.80. The molecule has 62 valence electrons. The molecular formula is C7H10O4. The van der Waals surface area contributed by atoms with Crippen LogP contribution in [-0.4, -0.2) is 23.1 Å². The Kier molecular flexibility index (Phi) is 2.12. The zero-order valence-corrected chi connectivity index (χ0v) is 6.24. The second kappa shape index (κ2) is 2.90. The van der Waals surface area contributed by atoms with Gasteiger partial charge in [0.25, 0.3) is 0 Å². The Morgan fingerprint density at radius 3 is 2.82 bits per heavy atom. The Labute approximate surface area is 64.2 Å². The number of esters is 1. The number of aliphatic carboxylic acids is 1. The minimum atomic E-state index is -0.943. The molecule has 4 heteroatoms. The lowest BCUT2D eigenvalue weighted by molar-refractivity contribution is -0.148. The van der Waals surface area contributed by atoms with Crippen LogP contribution in [0.4, 0.5) is 0 Å². The molecule has 1 aliphatic heterocycles. The van der Waals surface area contributed by atoms with Crippen LogP contribution in [-0.2, 0) is 14.3 Å². The fourth-order valence-corrected chi connectivity index (χ4v) is 1.22. The van der Waals surface area contributed by atoms with E-state index < -0.39 is 11.9 Å². The van der Waals surface area contributed by atoms with Crippen LogP contribution in [0.1, 0.15) is 19.8 Å². The number of hydrogen-bond acceptors (Lipinski definition) is 3. The van der Waals surface area contributed by atoms with Gasteiger partial charge in [0.1, 0.15) is 0 Å². The van der Waals surface area contributed by atoms with E-state index in [4.69, 9.17) is 9.84 Å². The Morgan fingerprint density at radius 1 is 1.82 bits per heavy atom.